The number of carbonyl (C=O) groups is 1. The van der Waals surface area contributed by atoms with Crippen LogP contribution in [0.15, 0.2) is 47.1 Å². The molecule has 2 N–H and O–H groups in total. The van der Waals surface area contributed by atoms with Gasteiger partial charge in [-0.3, -0.25) is 9.78 Å². The van der Waals surface area contributed by atoms with Gasteiger partial charge in [0.2, 0.25) is 0 Å². The fourth-order valence-corrected chi connectivity index (χ4v) is 1.85. The van der Waals surface area contributed by atoms with Crippen molar-refractivity contribution in [3.63, 3.8) is 0 Å². The number of rotatable bonds is 4. The van der Waals surface area contributed by atoms with Gasteiger partial charge in [-0.25, -0.2) is 0 Å². The van der Waals surface area contributed by atoms with Crippen molar-refractivity contribution in [2.75, 3.05) is 12.4 Å². The van der Waals surface area contributed by atoms with Crippen LogP contribution in [-0.2, 0) is 6.54 Å². The lowest BCUT2D eigenvalue weighted by Crippen LogP contribution is -2.23. The van der Waals surface area contributed by atoms with Crippen molar-refractivity contribution in [2.24, 2.45) is 0 Å². The molecule has 1 aromatic carbocycles. The van der Waals surface area contributed by atoms with Gasteiger partial charge < -0.3 is 10.6 Å². The standard InChI is InChI=1S/C14H14BrN3O/c1-16-12-6-7-17-13(8-12)14(19)18-9-10-2-4-11(15)5-3-10/h2-8H,9H2,1H3,(H,16,17)(H,18,19). The molecule has 98 valence electrons. The Labute approximate surface area is 120 Å². The minimum absolute atomic E-state index is 0.181. The summed E-state index contributed by atoms with van der Waals surface area (Å²) < 4.78 is 1.02. The molecule has 0 radical (unpaired) electrons. The van der Waals surface area contributed by atoms with Gasteiger partial charge in [0.1, 0.15) is 5.69 Å². The zero-order valence-electron chi connectivity index (χ0n) is 10.5. The number of anilines is 1. The van der Waals surface area contributed by atoms with E-state index in [2.05, 4.69) is 31.5 Å². The summed E-state index contributed by atoms with van der Waals surface area (Å²) in [6, 6.07) is 11.3. The van der Waals surface area contributed by atoms with Crippen molar-refractivity contribution in [1.29, 1.82) is 0 Å². The summed E-state index contributed by atoms with van der Waals surface area (Å²) in [6.07, 6.45) is 1.61. The minimum Gasteiger partial charge on any atom is -0.388 e. The third kappa shape index (κ3) is 3.79. The zero-order valence-corrected chi connectivity index (χ0v) is 12.1. The molecule has 0 aliphatic heterocycles. The molecule has 0 unspecified atom stereocenters. The quantitative estimate of drug-likeness (QED) is 0.911. The second kappa shape index (κ2) is 6.33. The molecule has 0 aliphatic rings. The number of nitrogens with zero attached hydrogens (tertiary/aromatic N) is 1. The van der Waals surface area contributed by atoms with E-state index in [0.29, 0.717) is 12.2 Å². The fraction of sp³-hybridized carbons (Fsp3) is 0.143. The monoisotopic (exact) mass is 319 g/mol. The van der Waals surface area contributed by atoms with Crippen LogP contribution in [0.2, 0.25) is 0 Å². The van der Waals surface area contributed by atoms with Crippen LogP contribution >= 0.6 is 15.9 Å². The molecule has 0 spiro atoms. The van der Waals surface area contributed by atoms with Gasteiger partial charge in [0.05, 0.1) is 0 Å². The van der Waals surface area contributed by atoms with Crippen molar-refractivity contribution in [3.8, 4) is 0 Å². The van der Waals surface area contributed by atoms with Crippen molar-refractivity contribution in [1.82, 2.24) is 10.3 Å². The molecule has 0 bridgehead atoms. The normalized spacial score (nSPS) is 10.0. The Morgan fingerprint density at radius 3 is 2.68 bits per heavy atom. The Bertz CT molecular complexity index is 569. The Balaban J connectivity index is 1.99. The summed E-state index contributed by atoms with van der Waals surface area (Å²) in [6.45, 7) is 0.484. The van der Waals surface area contributed by atoms with E-state index in [9.17, 15) is 4.79 Å². The Morgan fingerprint density at radius 2 is 2.00 bits per heavy atom. The summed E-state index contributed by atoms with van der Waals surface area (Å²) in [5.41, 5.74) is 2.31. The molecule has 1 amide bonds. The second-order valence-electron chi connectivity index (χ2n) is 3.99. The van der Waals surface area contributed by atoms with E-state index in [1.807, 2.05) is 30.3 Å². The van der Waals surface area contributed by atoms with Gasteiger partial charge in [-0.1, -0.05) is 28.1 Å². The van der Waals surface area contributed by atoms with Gasteiger partial charge in [0.15, 0.2) is 0 Å². The lowest BCUT2D eigenvalue weighted by atomic mass is 10.2. The van der Waals surface area contributed by atoms with Crippen LogP contribution in [0.25, 0.3) is 0 Å². The van der Waals surface area contributed by atoms with Gasteiger partial charge in [0, 0.05) is 29.9 Å². The first-order valence-corrected chi connectivity index (χ1v) is 6.65. The minimum atomic E-state index is -0.181. The molecule has 1 heterocycles. The van der Waals surface area contributed by atoms with Crippen LogP contribution in [0.3, 0.4) is 0 Å². The lowest BCUT2D eigenvalue weighted by molar-refractivity contribution is 0.0946. The van der Waals surface area contributed by atoms with Crippen molar-refractivity contribution in [2.45, 2.75) is 6.54 Å². The van der Waals surface area contributed by atoms with E-state index >= 15 is 0 Å². The van der Waals surface area contributed by atoms with Crippen LogP contribution in [0, 0.1) is 0 Å². The Morgan fingerprint density at radius 1 is 1.26 bits per heavy atom. The second-order valence-corrected chi connectivity index (χ2v) is 4.90. The number of halogens is 1. The average Bonchev–Trinajstić information content (AvgIpc) is 2.46. The summed E-state index contributed by atoms with van der Waals surface area (Å²) >= 11 is 3.37. The number of nitrogens with one attached hydrogen (secondary N) is 2. The maximum absolute atomic E-state index is 11.9. The largest absolute Gasteiger partial charge is 0.388 e. The molecule has 0 saturated carbocycles. The molecule has 0 aliphatic carbocycles. The summed E-state index contributed by atoms with van der Waals surface area (Å²) in [7, 11) is 1.80. The van der Waals surface area contributed by atoms with E-state index in [4.69, 9.17) is 0 Å². The topological polar surface area (TPSA) is 54.0 Å². The predicted molar refractivity (Wildman–Crippen MR) is 79.1 cm³/mol. The van der Waals surface area contributed by atoms with Crippen LogP contribution in [0.1, 0.15) is 16.1 Å². The maximum Gasteiger partial charge on any atom is 0.270 e. The SMILES string of the molecule is CNc1ccnc(C(=O)NCc2ccc(Br)cc2)c1. The zero-order chi connectivity index (χ0) is 13.7. The van der Waals surface area contributed by atoms with E-state index in [1.165, 1.54) is 0 Å². The number of benzene rings is 1. The number of hydrogen-bond donors (Lipinski definition) is 2. The van der Waals surface area contributed by atoms with Crippen molar-refractivity contribution in [3.05, 3.63) is 58.3 Å². The van der Waals surface area contributed by atoms with Crippen LogP contribution in [-0.4, -0.2) is 17.9 Å². The number of pyridine rings is 1. The van der Waals surface area contributed by atoms with Gasteiger partial charge in [0.25, 0.3) is 5.91 Å². The molecule has 1 aromatic heterocycles. The smallest absolute Gasteiger partial charge is 0.270 e. The first-order valence-electron chi connectivity index (χ1n) is 5.85. The van der Waals surface area contributed by atoms with Gasteiger partial charge in [-0.2, -0.15) is 0 Å². The highest BCUT2D eigenvalue weighted by atomic mass is 79.9. The Hall–Kier alpha value is -1.88. The van der Waals surface area contributed by atoms with E-state index in [1.54, 1.807) is 19.3 Å². The molecule has 0 fully saturated rings. The number of hydrogen-bond acceptors (Lipinski definition) is 3. The summed E-state index contributed by atoms with van der Waals surface area (Å²) in [5.74, 6) is -0.181. The number of amides is 1. The van der Waals surface area contributed by atoms with Gasteiger partial charge in [-0.15, -0.1) is 0 Å². The average molecular weight is 320 g/mol. The first-order chi connectivity index (χ1) is 9.19. The van der Waals surface area contributed by atoms with Crippen LogP contribution < -0.4 is 10.6 Å². The van der Waals surface area contributed by atoms with E-state index in [-0.39, 0.29) is 5.91 Å². The summed E-state index contributed by atoms with van der Waals surface area (Å²) in [5, 5.41) is 5.82. The fourth-order valence-electron chi connectivity index (χ4n) is 1.59. The van der Waals surface area contributed by atoms with E-state index in [0.717, 1.165) is 15.7 Å². The van der Waals surface area contributed by atoms with Gasteiger partial charge >= 0.3 is 0 Å². The number of carbonyl (C=O) groups excluding carboxylic acids is 1. The molecule has 4 nitrogen and oxygen atoms in total. The molecule has 19 heavy (non-hydrogen) atoms. The highest BCUT2D eigenvalue weighted by Crippen LogP contribution is 2.11. The Kier molecular flexibility index (Phi) is 4.52. The molecule has 5 heteroatoms. The summed E-state index contributed by atoms with van der Waals surface area (Å²) in [4.78, 5) is 16.0. The highest BCUT2D eigenvalue weighted by Gasteiger charge is 2.07. The van der Waals surface area contributed by atoms with Gasteiger partial charge in [-0.05, 0) is 29.8 Å². The third-order valence-corrected chi connectivity index (χ3v) is 3.18. The van der Waals surface area contributed by atoms with Crippen LogP contribution in [0.5, 0.6) is 0 Å². The molecule has 0 saturated heterocycles. The number of aromatic nitrogens is 1. The molecule has 2 rings (SSSR count). The molecule has 2 aromatic rings. The predicted octanol–water partition coefficient (Wildman–Crippen LogP) is 2.82. The highest BCUT2D eigenvalue weighted by molar-refractivity contribution is 9.10. The lowest BCUT2D eigenvalue weighted by Gasteiger charge is -2.06. The molecular formula is C14H14BrN3O. The van der Waals surface area contributed by atoms with Crippen molar-refractivity contribution < 1.29 is 4.79 Å². The third-order valence-electron chi connectivity index (χ3n) is 2.65. The molecular weight excluding hydrogens is 306 g/mol. The van der Waals surface area contributed by atoms with Crippen molar-refractivity contribution >= 4 is 27.5 Å². The van der Waals surface area contributed by atoms with E-state index < -0.39 is 0 Å². The molecule has 0 atom stereocenters. The maximum atomic E-state index is 11.9. The van der Waals surface area contributed by atoms with Crippen LogP contribution in [0.4, 0.5) is 5.69 Å². The first kappa shape index (κ1) is 13.5.